The first-order valence-corrected chi connectivity index (χ1v) is 15.0. The highest BCUT2D eigenvalue weighted by Gasteiger charge is 2.35. The molecule has 37 heavy (non-hydrogen) atoms. The predicted molar refractivity (Wildman–Crippen MR) is 145 cm³/mol. The molecule has 0 radical (unpaired) electrons. The second-order valence-corrected chi connectivity index (χ2v) is 12.9. The van der Waals surface area contributed by atoms with Crippen molar-refractivity contribution in [3.63, 3.8) is 0 Å². The van der Waals surface area contributed by atoms with E-state index in [2.05, 4.69) is 21.8 Å². The number of likely N-dealkylation sites (tertiary alicyclic amines) is 1. The Balaban J connectivity index is 1.16. The number of rotatable bonds is 7. The summed E-state index contributed by atoms with van der Waals surface area (Å²) >= 11 is 7.14. The van der Waals surface area contributed by atoms with Crippen molar-refractivity contribution >= 4 is 54.9 Å². The molecule has 2 aliphatic heterocycles. The van der Waals surface area contributed by atoms with Crippen LogP contribution in [0.1, 0.15) is 18.4 Å². The van der Waals surface area contributed by atoms with E-state index in [4.69, 9.17) is 11.6 Å². The molecular weight excluding hydrogens is 532 g/mol. The number of hydrogen-bond acceptors (Lipinski definition) is 6. The van der Waals surface area contributed by atoms with Crippen molar-refractivity contribution in [2.24, 2.45) is 0 Å². The van der Waals surface area contributed by atoms with E-state index in [9.17, 15) is 18.0 Å². The summed E-state index contributed by atoms with van der Waals surface area (Å²) in [7, 11) is -3.89. The molecule has 3 aromatic rings. The van der Waals surface area contributed by atoms with Gasteiger partial charge in [0.25, 0.3) is 10.0 Å². The number of amides is 2. The number of fused-ring (bicyclic) bond motifs is 1. The molecule has 8 nitrogen and oxygen atoms in total. The van der Waals surface area contributed by atoms with Gasteiger partial charge < -0.3 is 9.80 Å². The molecule has 5 rings (SSSR count). The molecule has 2 aliphatic rings. The lowest BCUT2D eigenvalue weighted by Crippen LogP contribution is -2.56. The summed E-state index contributed by atoms with van der Waals surface area (Å²) in [6.07, 6.45) is 1.02. The van der Waals surface area contributed by atoms with Gasteiger partial charge >= 0.3 is 0 Å². The minimum atomic E-state index is -3.89. The third kappa shape index (κ3) is 6.15. The first-order valence-electron chi connectivity index (χ1n) is 12.3. The Morgan fingerprint density at radius 3 is 2.54 bits per heavy atom. The Labute approximate surface area is 225 Å². The molecule has 11 heteroatoms. The number of piperazine rings is 1. The van der Waals surface area contributed by atoms with Crippen LogP contribution < -0.4 is 4.72 Å². The average Bonchev–Trinajstić information content (AvgIpc) is 3.32. The number of benzene rings is 2. The number of thiophene rings is 1. The normalized spacial score (nSPS) is 19.5. The lowest BCUT2D eigenvalue weighted by molar-refractivity contribution is -0.144. The minimum Gasteiger partial charge on any atom is -0.339 e. The van der Waals surface area contributed by atoms with Crippen LogP contribution in [0.3, 0.4) is 0 Å². The SMILES string of the molecule is O=C(CN1CCC[C@H](NS(=O)(=O)c2cc3ccc(Cl)cc3s2)C1=O)N1CCN(Cc2ccccc2)CC1. The largest absolute Gasteiger partial charge is 0.339 e. The number of halogens is 1. The van der Waals surface area contributed by atoms with Gasteiger partial charge in [0.2, 0.25) is 11.8 Å². The van der Waals surface area contributed by atoms with E-state index in [-0.39, 0.29) is 22.6 Å². The van der Waals surface area contributed by atoms with Crippen LogP contribution in [0.25, 0.3) is 10.1 Å². The van der Waals surface area contributed by atoms with E-state index in [0.717, 1.165) is 41.1 Å². The molecule has 1 N–H and O–H groups in total. The molecule has 2 aromatic carbocycles. The van der Waals surface area contributed by atoms with Crippen LogP contribution in [0.15, 0.2) is 58.8 Å². The van der Waals surface area contributed by atoms with Crippen LogP contribution in [-0.4, -0.2) is 80.2 Å². The molecule has 0 saturated carbocycles. The van der Waals surface area contributed by atoms with E-state index in [1.165, 1.54) is 10.5 Å². The van der Waals surface area contributed by atoms with Crippen LogP contribution in [0.5, 0.6) is 0 Å². The number of nitrogens with one attached hydrogen (secondary N) is 1. The zero-order valence-corrected chi connectivity index (χ0v) is 22.7. The molecule has 0 unspecified atom stereocenters. The highest BCUT2D eigenvalue weighted by atomic mass is 35.5. The van der Waals surface area contributed by atoms with Crippen molar-refractivity contribution < 1.29 is 18.0 Å². The quantitative estimate of drug-likeness (QED) is 0.479. The number of hydrogen-bond donors (Lipinski definition) is 1. The Morgan fingerprint density at radius 1 is 1.03 bits per heavy atom. The van der Waals surface area contributed by atoms with Crippen molar-refractivity contribution in [3.05, 3.63) is 65.2 Å². The molecule has 1 aromatic heterocycles. The minimum absolute atomic E-state index is 0.0306. The Bertz CT molecular complexity index is 1390. The summed E-state index contributed by atoms with van der Waals surface area (Å²) in [4.78, 5) is 31.7. The fourth-order valence-corrected chi connectivity index (χ4v) is 7.74. The summed E-state index contributed by atoms with van der Waals surface area (Å²) in [5.74, 6) is -0.451. The van der Waals surface area contributed by atoms with E-state index < -0.39 is 16.1 Å². The first kappa shape index (κ1) is 26.1. The highest BCUT2D eigenvalue weighted by Crippen LogP contribution is 2.31. The van der Waals surface area contributed by atoms with Gasteiger partial charge in [0.15, 0.2) is 0 Å². The molecule has 2 fully saturated rings. The van der Waals surface area contributed by atoms with Gasteiger partial charge in [-0.1, -0.05) is 48.0 Å². The van der Waals surface area contributed by atoms with Crippen LogP contribution in [0.4, 0.5) is 0 Å². The van der Waals surface area contributed by atoms with Crippen molar-refractivity contribution in [2.45, 2.75) is 29.6 Å². The van der Waals surface area contributed by atoms with Crippen LogP contribution in [0, 0.1) is 0 Å². The number of nitrogens with zero attached hydrogens (tertiary/aromatic N) is 3. The first-order chi connectivity index (χ1) is 17.8. The van der Waals surface area contributed by atoms with Crippen molar-refractivity contribution in [2.75, 3.05) is 39.3 Å². The van der Waals surface area contributed by atoms with Crippen molar-refractivity contribution in [1.29, 1.82) is 0 Å². The summed E-state index contributed by atoms with van der Waals surface area (Å²) in [5.41, 5.74) is 1.24. The fourth-order valence-electron chi connectivity index (χ4n) is 4.83. The zero-order valence-electron chi connectivity index (χ0n) is 20.3. The van der Waals surface area contributed by atoms with Gasteiger partial charge in [-0.3, -0.25) is 14.5 Å². The fraction of sp³-hybridized carbons (Fsp3) is 0.385. The number of carbonyl (C=O) groups is 2. The summed E-state index contributed by atoms with van der Waals surface area (Å²) in [6, 6.07) is 16.2. The van der Waals surface area contributed by atoms with Crippen molar-refractivity contribution in [1.82, 2.24) is 19.4 Å². The maximum Gasteiger partial charge on any atom is 0.250 e. The van der Waals surface area contributed by atoms with Gasteiger partial charge in [-0.05, 0) is 42.0 Å². The maximum atomic E-state index is 13.1. The molecule has 0 bridgehead atoms. The molecule has 2 saturated heterocycles. The summed E-state index contributed by atoms with van der Waals surface area (Å²) < 4.78 is 29.6. The lowest BCUT2D eigenvalue weighted by atomic mass is 10.1. The molecule has 2 amide bonds. The van der Waals surface area contributed by atoms with Crippen molar-refractivity contribution in [3.8, 4) is 0 Å². The molecule has 0 aliphatic carbocycles. The third-order valence-corrected chi connectivity index (χ3v) is 10.1. The van der Waals surface area contributed by atoms with Crippen LogP contribution in [-0.2, 0) is 26.2 Å². The topological polar surface area (TPSA) is 90.0 Å². The molecule has 1 atom stereocenters. The number of carbonyl (C=O) groups excluding carboxylic acids is 2. The van der Waals surface area contributed by atoms with E-state index in [0.29, 0.717) is 37.5 Å². The van der Waals surface area contributed by atoms with Crippen LogP contribution in [0.2, 0.25) is 5.02 Å². The van der Waals surface area contributed by atoms with E-state index in [1.807, 2.05) is 18.2 Å². The lowest BCUT2D eigenvalue weighted by Gasteiger charge is -2.37. The average molecular weight is 561 g/mol. The Hall–Kier alpha value is -2.50. The monoisotopic (exact) mass is 560 g/mol. The number of piperidine rings is 1. The second kappa shape index (κ2) is 11.1. The zero-order chi connectivity index (χ0) is 26.0. The highest BCUT2D eigenvalue weighted by molar-refractivity contribution is 7.91. The molecular formula is C26H29ClN4O4S2. The second-order valence-electron chi connectivity index (χ2n) is 9.47. The Morgan fingerprint density at radius 2 is 1.78 bits per heavy atom. The van der Waals surface area contributed by atoms with Gasteiger partial charge in [0.05, 0.1) is 6.54 Å². The maximum absolute atomic E-state index is 13.1. The smallest absolute Gasteiger partial charge is 0.250 e. The van der Waals surface area contributed by atoms with Gasteiger partial charge in [0, 0.05) is 49.0 Å². The van der Waals surface area contributed by atoms with Gasteiger partial charge in [-0.15, -0.1) is 11.3 Å². The van der Waals surface area contributed by atoms with Crippen LogP contribution >= 0.6 is 22.9 Å². The van der Waals surface area contributed by atoms with E-state index in [1.54, 1.807) is 29.2 Å². The number of sulfonamides is 1. The van der Waals surface area contributed by atoms with Gasteiger partial charge in [-0.2, -0.15) is 4.72 Å². The van der Waals surface area contributed by atoms with Gasteiger partial charge in [0.1, 0.15) is 10.3 Å². The molecule has 196 valence electrons. The third-order valence-electron chi connectivity index (χ3n) is 6.85. The molecule has 0 spiro atoms. The molecule has 3 heterocycles. The summed E-state index contributed by atoms with van der Waals surface area (Å²) in [5, 5.41) is 1.31. The predicted octanol–water partition coefficient (Wildman–Crippen LogP) is 3.17. The Kier molecular flexibility index (Phi) is 7.83. The van der Waals surface area contributed by atoms with Gasteiger partial charge in [-0.25, -0.2) is 8.42 Å². The van der Waals surface area contributed by atoms with E-state index >= 15 is 0 Å². The summed E-state index contributed by atoms with van der Waals surface area (Å²) in [6.45, 7) is 4.03. The standard InChI is InChI=1S/C26H29ClN4O4S2/c27-21-9-8-20-15-25(36-23(20)16-21)37(34,35)28-22-7-4-10-31(26(22)33)18-24(32)30-13-11-29(12-14-30)17-19-5-2-1-3-6-19/h1-3,5-6,8-9,15-16,22,28H,4,7,10-14,17-18H2/t22-/m0/s1.